The summed E-state index contributed by atoms with van der Waals surface area (Å²) in [6.45, 7) is 1.88. The van der Waals surface area contributed by atoms with Gasteiger partial charge in [-0.1, -0.05) is 35.9 Å². The summed E-state index contributed by atoms with van der Waals surface area (Å²) in [6.07, 6.45) is 16.0. The van der Waals surface area contributed by atoms with E-state index in [0.717, 1.165) is 42.5 Å². The molecule has 1 atom stereocenters. The summed E-state index contributed by atoms with van der Waals surface area (Å²) in [5, 5.41) is 4.40. The molecule has 3 heterocycles. The van der Waals surface area contributed by atoms with E-state index >= 15 is 0 Å². The van der Waals surface area contributed by atoms with Crippen molar-refractivity contribution in [1.82, 2.24) is 24.2 Å². The molecule has 0 spiro atoms. The number of aromatic nitrogens is 4. The smallest absolute Gasteiger partial charge is 0.163 e. The lowest BCUT2D eigenvalue weighted by Gasteiger charge is -2.27. The van der Waals surface area contributed by atoms with E-state index in [1.165, 1.54) is 10.6 Å². The average molecular weight is 373 g/mol. The highest BCUT2D eigenvalue weighted by Gasteiger charge is 2.24. The second kappa shape index (κ2) is 7.63. The molecule has 8 heteroatoms. The highest BCUT2D eigenvalue weighted by molar-refractivity contribution is 8.03. The minimum atomic E-state index is 0.455. The lowest BCUT2D eigenvalue weighted by atomic mass is 9.97. The summed E-state index contributed by atoms with van der Waals surface area (Å²) in [6, 6.07) is 0. The van der Waals surface area contributed by atoms with Crippen LogP contribution in [-0.2, 0) is 13.0 Å². The number of nitrogens with zero attached hydrogens (tertiary/aromatic N) is 4. The Balaban J connectivity index is 1.37. The Morgan fingerprint density at radius 3 is 3.20 bits per heavy atom. The van der Waals surface area contributed by atoms with Gasteiger partial charge in [0, 0.05) is 54.6 Å². The molecule has 2 aromatic heterocycles. The Morgan fingerprint density at radius 2 is 2.28 bits per heavy atom. The van der Waals surface area contributed by atoms with Crippen molar-refractivity contribution in [2.75, 3.05) is 18.1 Å². The van der Waals surface area contributed by atoms with Crippen molar-refractivity contribution in [3.63, 3.8) is 0 Å². The summed E-state index contributed by atoms with van der Waals surface area (Å²) < 4.78 is 5.45. The Hall–Kier alpha value is -1.77. The number of allylic oxidation sites excluding steroid dienone is 3. The summed E-state index contributed by atoms with van der Waals surface area (Å²) in [5.41, 5.74) is 2.38. The SMILES string of the molecule is CSNCCc1cn(CC2C=CC3=C(C2)Nc2nccnc2S3)cn1. The van der Waals surface area contributed by atoms with Crippen LogP contribution in [0.5, 0.6) is 0 Å². The number of anilines is 1. The van der Waals surface area contributed by atoms with E-state index in [1.54, 1.807) is 36.1 Å². The quantitative estimate of drug-likeness (QED) is 0.596. The maximum atomic E-state index is 4.50. The summed E-state index contributed by atoms with van der Waals surface area (Å²) in [5.74, 6) is 1.32. The molecule has 4 rings (SSSR count). The molecule has 0 bridgehead atoms. The van der Waals surface area contributed by atoms with Gasteiger partial charge in [0.05, 0.1) is 12.0 Å². The number of rotatable bonds is 6. The first-order valence-electron chi connectivity index (χ1n) is 8.25. The lowest BCUT2D eigenvalue weighted by molar-refractivity contribution is 0.520. The number of thioether (sulfide) groups is 1. The molecule has 1 aliphatic heterocycles. The molecule has 2 aliphatic rings. The molecule has 0 aromatic carbocycles. The molecule has 2 aromatic rings. The molecule has 0 saturated carbocycles. The third kappa shape index (κ3) is 3.91. The van der Waals surface area contributed by atoms with E-state index in [-0.39, 0.29) is 0 Å². The highest BCUT2D eigenvalue weighted by Crippen LogP contribution is 2.41. The normalized spacial score (nSPS) is 18.7. The van der Waals surface area contributed by atoms with Gasteiger partial charge in [0.1, 0.15) is 5.03 Å². The lowest BCUT2D eigenvalue weighted by Crippen LogP contribution is -2.18. The van der Waals surface area contributed by atoms with E-state index in [1.807, 2.05) is 12.6 Å². The van der Waals surface area contributed by atoms with Gasteiger partial charge in [-0.2, -0.15) is 0 Å². The largest absolute Gasteiger partial charge is 0.340 e. The van der Waals surface area contributed by atoms with Crippen LogP contribution in [0.25, 0.3) is 0 Å². The molecule has 0 amide bonds. The summed E-state index contributed by atoms with van der Waals surface area (Å²) in [7, 11) is 0. The molecular formula is C17H20N6S2. The average Bonchev–Trinajstić information content (AvgIpc) is 3.07. The van der Waals surface area contributed by atoms with Crippen LogP contribution in [0.3, 0.4) is 0 Å². The summed E-state index contributed by atoms with van der Waals surface area (Å²) >= 11 is 3.34. The number of hydrogen-bond donors (Lipinski definition) is 2. The van der Waals surface area contributed by atoms with Crippen molar-refractivity contribution < 1.29 is 0 Å². The van der Waals surface area contributed by atoms with Crippen molar-refractivity contribution in [3.05, 3.63) is 53.4 Å². The molecule has 25 heavy (non-hydrogen) atoms. The van der Waals surface area contributed by atoms with Gasteiger partial charge in [-0.05, 0) is 12.7 Å². The Labute approximate surface area is 155 Å². The van der Waals surface area contributed by atoms with E-state index in [2.05, 4.69) is 47.9 Å². The number of fused-ring (bicyclic) bond motifs is 1. The van der Waals surface area contributed by atoms with Gasteiger partial charge in [-0.3, -0.25) is 4.72 Å². The van der Waals surface area contributed by atoms with Crippen molar-refractivity contribution in [2.24, 2.45) is 5.92 Å². The predicted octanol–water partition coefficient (Wildman–Crippen LogP) is 3.09. The predicted molar refractivity (Wildman–Crippen MR) is 103 cm³/mol. The van der Waals surface area contributed by atoms with Crippen LogP contribution < -0.4 is 10.0 Å². The molecule has 130 valence electrons. The zero-order valence-electron chi connectivity index (χ0n) is 14.0. The fourth-order valence-corrected chi connectivity index (χ4v) is 4.24. The Kier molecular flexibility index (Phi) is 5.09. The third-order valence-electron chi connectivity index (χ3n) is 4.18. The van der Waals surface area contributed by atoms with E-state index in [0.29, 0.717) is 5.92 Å². The Bertz CT molecular complexity index is 813. The fraction of sp³-hybridized carbons (Fsp3) is 0.353. The standard InChI is InChI=1S/C17H20N6S2/c1-24-21-5-4-13-10-23(11-20-13)9-12-2-3-15-14(8-12)22-16-17(25-15)19-7-6-18-16/h2-3,6-7,10-12,21H,4-5,8-9H2,1H3,(H,18,22). The second-order valence-corrected chi connectivity index (χ2v) is 7.74. The van der Waals surface area contributed by atoms with Crippen LogP contribution in [0, 0.1) is 5.92 Å². The zero-order valence-corrected chi connectivity index (χ0v) is 15.6. The summed E-state index contributed by atoms with van der Waals surface area (Å²) in [4.78, 5) is 14.5. The van der Waals surface area contributed by atoms with Crippen LogP contribution in [0.4, 0.5) is 5.82 Å². The topological polar surface area (TPSA) is 67.7 Å². The zero-order chi connectivity index (χ0) is 17.1. The van der Waals surface area contributed by atoms with Gasteiger partial charge in [-0.25, -0.2) is 15.0 Å². The van der Waals surface area contributed by atoms with E-state index in [4.69, 9.17) is 0 Å². The van der Waals surface area contributed by atoms with Crippen molar-refractivity contribution in [3.8, 4) is 0 Å². The van der Waals surface area contributed by atoms with Crippen LogP contribution in [0.15, 0.2) is 52.7 Å². The van der Waals surface area contributed by atoms with Gasteiger partial charge < -0.3 is 9.88 Å². The fourth-order valence-electron chi connectivity index (χ4n) is 3.01. The minimum absolute atomic E-state index is 0.455. The molecular weight excluding hydrogens is 352 g/mol. The maximum absolute atomic E-state index is 4.50. The highest BCUT2D eigenvalue weighted by atomic mass is 32.2. The molecule has 0 fully saturated rings. The van der Waals surface area contributed by atoms with Crippen molar-refractivity contribution in [1.29, 1.82) is 0 Å². The first-order valence-corrected chi connectivity index (χ1v) is 10.3. The molecule has 1 aliphatic carbocycles. The Morgan fingerprint density at radius 1 is 1.36 bits per heavy atom. The van der Waals surface area contributed by atoms with Gasteiger partial charge >= 0.3 is 0 Å². The van der Waals surface area contributed by atoms with Crippen LogP contribution in [0.1, 0.15) is 12.1 Å². The van der Waals surface area contributed by atoms with Crippen LogP contribution >= 0.6 is 23.7 Å². The number of nitrogens with one attached hydrogen (secondary N) is 2. The van der Waals surface area contributed by atoms with Gasteiger partial charge in [0.2, 0.25) is 0 Å². The third-order valence-corrected chi connectivity index (χ3v) is 5.77. The monoisotopic (exact) mass is 372 g/mol. The van der Waals surface area contributed by atoms with Crippen LogP contribution in [0.2, 0.25) is 0 Å². The first kappa shape index (κ1) is 16.7. The first-order chi connectivity index (χ1) is 12.3. The van der Waals surface area contributed by atoms with Crippen molar-refractivity contribution >= 4 is 29.5 Å². The second-order valence-electron chi connectivity index (χ2n) is 6.01. The van der Waals surface area contributed by atoms with Gasteiger partial charge in [-0.15, -0.1) is 0 Å². The number of hydrogen-bond acceptors (Lipinski definition) is 7. The minimum Gasteiger partial charge on any atom is -0.340 e. The number of imidazole rings is 1. The van der Waals surface area contributed by atoms with Crippen molar-refractivity contribution in [2.45, 2.75) is 24.4 Å². The molecule has 1 unspecified atom stereocenters. The molecule has 2 N–H and O–H groups in total. The molecule has 0 saturated heterocycles. The van der Waals surface area contributed by atoms with Gasteiger partial charge in [0.25, 0.3) is 0 Å². The van der Waals surface area contributed by atoms with E-state index in [9.17, 15) is 0 Å². The maximum Gasteiger partial charge on any atom is 0.163 e. The van der Waals surface area contributed by atoms with Crippen LogP contribution in [-0.4, -0.2) is 32.3 Å². The van der Waals surface area contributed by atoms with Gasteiger partial charge in [0.15, 0.2) is 5.82 Å². The molecule has 6 nitrogen and oxygen atoms in total. The molecule has 0 radical (unpaired) electrons. The van der Waals surface area contributed by atoms with E-state index < -0.39 is 0 Å².